The molecule has 1 atom stereocenters. The number of rotatable bonds is 6. The summed E-state index contributed by atoms with van der Waals surface area (Å²) in [7, 11) is -3.60. The van der Waals surface area contributed by atoms with Gasteiger partial charge in [0.05, 0.1) is 5.02 Å². The van der Waals surface area contributed by atoms with Gasteiger partial charge in [0.25, 0.3) is 0 Å². The molecule has 0 heterocycles. The molecule has 1 aromatic rings. The third-order valence-electron chi connectivity index (χ3n) is 2.71. The van der Waals surface area contributed by atoms with Crippen LogP contribution in [0.5, 0.6) is 0 Å². The molecule has 3 nitrogen and oxygen atoms in total. The molecule has 7 heteroatoms. The molecule has 1 rings (SSSR count). The average molecular weight is 434 g/mol. The lowest BCUT2D eigenvalue weighted by molar-refractivity contribution is 0.440. The highest BCUT2D eigenvalue weighted by molar-refractivity contribution is 9.10. The van der Waals surface area contributed by atoms with Crippen LogP contribution in [0.4, 0.5) is 0 Å². The molecule has 108 valence electrons. The lowest BCUT2D eigenvalue weighted by atomic mass is 10.0. The van der Waals surface area contributed by atoms with Crippen LogP contribution >= 0.6 is 43.5 Å². The number of nitrogens with one attached hydrogen (secondary N) is 1. The van der Waals surface area contributed by atoms with Gasteiger partial charge < -0.3 is 0 Å². The lowest BCUT2D eigenvalue weighted by Gasteiger charge is -2.21. The first-order chi connectivity index (χ1) is 8.77. The summed E-state index contributed by atoms with van der Waals surface area (Å²) in [6, 6.07) is 4.62. The maximum Gasteiger partial charge on any atom is 0.242 e. The molecule has 1 aromatic carbocycles. The van der Waals surface area contributed by atoms with Crippen molar-refractivity contribution in [1.82, 2.24) is 4.72 Å². The molecule has 0 aliphatic heterocycles. The summed E-state index contributed by atoms with van der Waals surface area (Å²) in [5, 5.41) is 0.954. The zero-order valence-electron chi connectivity index (χ0n) is 10.7. The van der Waals surface area contributed by atoms with E-state index in [1.54, 1.807) is 12.1 Å². The second-order valence-electron chi connectivity index (χ2n) is 4.52. The van der Waals surface area contributed by atoms with Gasteiger partial charge in [-0.15, -0.1) is 0 Å². The Kier molecular flexibility index (Phi) is 6.79. The van der Waals surface area contributed by atoms with E-state index < -0.39 is 10.0 Å². The zero-order valence-corrected chi connectivity index (χ0v) is 15.4. The number of hydrogen-bond donors (Lipinski definition) is 1. The van der Waals surface area contributed by atoms with Crippen LogP contribution in [0.25, 0.3) is 0 Å². The predicted molar refractivity (Wildman–Crippen MR) is 86.5 cm³/mol. The lowest BCUT2D eigenvalue weighted by Crippen LogP contribution is -2.38. The molecular weight excluding hydrogens is 417 g/mol. The summed E-state index contributed by atoms with van der Waals surface area (Å²) in [6.07, 6.45) is 0.727. The van der Waals surface area contributed by atoms with Crippen LogP contribution < -0.4 is 4.72 Å². The number of sulfonamides is 1. The molecule has 1 unspecified atom stereocenters. The molecule has 1 N–H and O–H groups in total. The first-order valence-corrected chi connectivity index (χ1v) is 9.59. The maximum absolute atomic E-state index is 12.3. The standard InChI is InChI=1S/C12H16Br2ClNO2S/c1-8(2)11(5-6-13)16-19(17,18)12-4-3-9(14)7-10(12)15/h3-4,7-8,11,16H,5-6H2,1-2H3. The molecule has 0 aromatic heterocycles. The van der Waals surface area contributed by atoms with Gasteiger partial charge in [-0.05, 0) is 30.5 Å². The molecule has 19 heavy (non-hydrogen) atoms. The minimum Gasteiger partial charge on any atom is -0.208 e. The molecule has 0 fully saturated rings. The van der Waals surface area contributed by atoms with Crippen molar-refractivity contribution in [2.75, 3.05) is 5.33 Å². The first kappa shape index (κ1) is 17.4. The van der Waals surface area contributed by atoms with E-state index in [4.69, 9.17) is 11.6 Å². The van der Waals surface area contributed by atoms with Crippen LogP contribution in [0.15, 0.2) is 27.6 Å². The second-order valence-corrected chi connectivity index (χ2v) is 8.32. The molecular formula is C12H16Br2ClNO2S. The van der Waals surface area contributed by atoms with Crippen molar-refractivity contribution in [3.8, 4) is 0 Å². The Morgan fingerprint density at radius 1 is 1.37 bits per heavy atom. The molecule has 0 aliphatic rings. The van der Waals surface area contributed by atoms with Crippen molar-refractivity contribution in [3.05, 3.63) is 27.7 Å². The highest BCUT2D eigenvalue weighted by Crippen LogP contribution is 2.26. The van der Waals surface area contributed by atoms with Gasteiger partial charge in [0.1, 0.15) is 4.90 Å². The van der Waals surface area contributed by atoms with E-state index in [-0.39, 0.29) is 21.9 Å². The minimum atomic E-state index is -3.60. The van der Waals surface area contributed by atoms with E-state index in [2.05, 4.69) is 36.6 Å². The van der Waals surface area contributed by atoms with Gasteiger partial charge in [-0.25, -0.2) is 13.1 Å². The van der Waals surface area contributed by atoms with Crippen LogP contribution in [0.3, 0.4) is 0 Å². The molecule has 0 saturated heterocycles. The molecule has 0 radical (unpaired) electrons. The van der Waals surface area contributed by atoms with Crippen molar-refractivity contribution in [3.63, 3.8) is 0 Å². The fourth-order valence-corrected chi connectivity index (χ4v) is 4.55. The molecule has 0 amide bonds. The smallest absolute Gasteiger partial charge is 0.208 e. The van der Waals surface area contributed by atoms with E-state index in [9.17, 15) is 8.42 Å². The Hall–Kier alpha value is 0.380. The average Bonchev–Trinajstić information content (AvgIpc) is 2.27. The Bertz CT molecular complexity index is 535. The van der Waals surface area contributed by atoms with Crippen LogP contribution in [-0.2, 0) is 10.0 Å². The summed E-state index contributed by atoms with van der Waals surface area (Å²) in [6.45, 7) is 3.97. The summed E-state index contributed by atoms with van der Waals surface area (Å²) in [5.74, 6) is 0.210. The highest BCUT2D eigenvalue weighted by atomic mass is 79.9. The summed E-state index contributed by atoms with van der Waals surface area (Å²) < 4.78 is 28.1. The number of halogens is 3. The van der Waals surface area contributed by atoms with Gasteiger partial charge in [-0.1, -0.05) is 57.3 Å². The minimum absolute atomic E-state index is 0.109. The fourth-order valence-electron chi connectivity index (χ4n) is 1.60. The van der Waals surface area contributed by atoms with E-state index in [0.29, 0.717) is 0 Å². The molecule has 0 saturated carbocycles. The van der Waals surface area contributed by atoms with Crippen molar-refractivity contribution in [2.45, 2.75) is 31.2 Å². The summed E-state index contributed by atoms with van der Waals surface area (Å²) in [4.78, 5) is 0.109. The Morgan fingerprint density at radius 2 is 2.00 bits per heavy atom. The normalized spacial score (nSPS) is 13.8. The van der Waals surface area contributed by atoms with Crippen molar-refractivity contribution in [2.24, 2.45) is 5.92 Å². The van der Waals surface area contributed by atoms with Gasteiger partial charge in [0.15, 0.2) is 0 Å². The van der Waals surface area contributed by atoms with Crippen molar-refractivity contribution < 1.29 is 8.42 Å². The third-order valence-corrected chi connectivity index (χ3v) is 5.64. The fraction of sp³-hybridized carbons (Fsp3) is 0.500. The van der Waals surface area contributed by atoms with Crippen molar-refractivity contribution >= 4 is 53.5 Å². The topological polar surface area (TPSA) is 46.2 Å². The summed E-state index contributed by atoms with van der Waals surface area (Å²) >= 11 is 12.6. The second kappa shape index (κ2) is 7.41. The maximum atomic E-state index is 12.3. The number of benzene rings is 1. The van der Waals surface area contributed by atoms with Crippen LogP contribution in [-0.4, -0.2) is 19.8 Å². The van der Waals surface area contributed by atoms with E-state index in [0.717, 1.165) is 16.2 Å². The van der Waals surface area contributed by atoms with E-state index >= 15 is 0 Å². The SMILES string of the molecule is CC(C)C(CCBr)NS(=O)(=O)c1ccc(Br)cc1Cl. The third kappa shape index (κ3) is 5.01. The predicted octanol–water partition coefficient (Wildman–Crippen LogP) is 4.19. The largest absolute Gasteiger partial charge is 0.242 e. The van der Waals surface area contributed by atoms with Gasteiger partial charge in [-0.2, -0.15) is 0 Å². The quantitative estimate of drug-likeness (QED) is 0.684. The van der Waals surface area contributed by atoms with Crippen LogP contribution in [0.2, 0.25) is 5.02 Å². The Balaban J connectivity index is 3.03. The van der Waals surface area contributed by atoms with E-state index in [1.165, 1.54) is 6.07 Å². The molecule has 0 aliphatic carbocycles. The Morgan fingerprint density at radius 3 is 2.47 bits per heavy atom. The van der Waals surface area contributed by atoms with Gasteiger partial charge in [0, 0.05) is 15.8 Å². The number of hydrogen-bond acceptors (Lipinski definition) is 2. The molecule has 0 spiro atoms. The van der Waals surface area contributed by atoms with Gasteiger partial charge >= 0.3 is 0 Å². The zero-order chi connectivity index (χ0) is 14.6. The van der Waals surface area contributed by atoms with Gasteiger partial charge in [0.2, 0.25) is 10.0 Å². The first-order valence-electron chi connectivity index (χ1n) is 5.81. The number of alkyl halides is 1. The van der Waals surface area contributed by atoms with Gasteiger partial charge in [-0.3, -0.25) is 0 Å². The monoisotopic (exact) mass is 431 g/mol. The van der Waals surface area contributed by atoms with Crippen LogP contribution in [0, 0.1) is 5.92 Å². The Labute approximate surface area is 136 Å². The molecule has 0 bridgehead atoms. The van der Waals surface area contributed by atoms with E-state index in [1.807, 2.05) is 13.8 Å². The van der Waals surface area contributed by atoms with Crippen LogP contribution in [0.1, 0.15) is 20.3 Å². The van der Waals surface area contributed by atoms with Crippen molar-refractivity contribution in [1.29, 1.82) is 0 Å². The summed E-state index contributed by atoms with van der Waals surface area (Å²) in [5.41, 5.74) is 0. The highest BCUT2D eigenvalue weighted by Gasteiger charge is 2.24.